The number of oxazole rings is 1. The first-order valence-electron chi connectivity index (χ1n) is 13.1. The highest BCUT2D eigenvalue weighted by atomic mass is 16.6. The van der Waals surface area contributed by atoms with Gasteiger partial charge in [-0.1, -0.05) is 44.6 Å². The van der Waals surface area contributed by atoms with Crippen molar-refractivity contribution in [1.29, 1.82) is 0 Å². The topological polar surface area (TPSA) is 128 Å². The average Bonchev–Trinajstić information content (AvgIpc) is 3.62. The van der Waals surface area contributed by atoms with Crippen LogP contribution in [0.1, 0.15) is 69.3 Å². The molecular formula is C28H35N3O7. The number of amides is 2. The third-order valence-corrected chi connectivity index (χ3v) is 7.05. The molecule has 4 rings (SSSR count). The minimum Gasteiger partial charge on any atom is -0.460 e. The molecule has 3 aliphatic rings. The number of cyclic esters (lactones) is 1. The van der Waals surface area contributed by atoms with Crippen LogP contribution >= 0.6 is 0 Å². The number of aromatic nitrogens is 1. The third-order valence-electron chi connectivity index (χ3n) is 7.05. The van der Waals surface area contributed by atoms with Crippen molar-refractivity contribution in [3.05, 3.63) is 53.8 Å². The van der Waals surface area contributed by atoms with Crippen molar-refractivity contribution in [3.8, 4) is 0 Å². The molecule has 4 heterocycles. The van der Waals surface area contributed by atoms with Crippen LogP contribution in [0.4, 0.5) is 0 Å². The van der Waals surface area contributed by atoms with E-state index < -0.39 is 42.0 Å². The Labute approximate surface area is 222 Å². The average molecular weight is 526 g/mol. The summed E-state index contributed by atoms with van der Waals surface area (Å²) in [6, 6.07) is -0.748. The number of rotatable bonds is 1. The second-order valence-corrected chi connectivity index (χ2v) is 10.4. The van der Waals surface area contributed by atoms with Crippen LogP contribution in [0.15, 0.2) is 46.6 Å². The summed E-state index contributed by atoms with van der Waals surface area (Å²) in [6.07, 6.45) is 10.4. The zero-order valence-corrected chi connectivity index (χ0v) is 22.2. The molecule has 1 aromatic heterocycles. The maximum atomic E-state index is 13.3. The van der Waals surface area contributed by atoms with E-state index in [9.17, 15) is 19.2 Å². The third kappa shape index (κ3) is 6.23. The maximum Gasteiger partial charge on any atom is 0.329 e. The van der Waals surface area contributed by atoms with Crippen molar-refractivity contribution >= 4 is 23.8 Å². The van der Waals surface area contributed by atoms with Crippen LogP contribution in [0.3, 0.4) is 0 Å². The largest absolute Gasteiger partial charge is 0.460 e. The van der Waals surface area contributed by atoms with E-state index in [1.165, 1.54) is 17.2 Å². The van der Waals surface area contributed by atoms with Crippen molar-refractivity contribution in [2.24, 2.45) is 11.8 Å². The SMILES string of the molecule is CC1=C\[C@@H]2CC(C(=O)O2)c2nc(co2)C(=O)N2CCC[C@@H]2C(=O)O[C@@H](C(C)C)[C@H](C)/C=C/C(=O)NC\C=C\1. The molecule has 0 aromatic carbocycles. The van der Waals surface area contributed by atoms with Gasteiger partial charge >= 0.3 is 11.9 Å². The molecular weight excluding hydrogens is 490 g/mol. The molecule has 3 aliphatic heterocycles. The molecule has 10 heteroatoms. The van der Waals surface area contributed by atoms with E-state index in [4.69, 9.17) is 13.9 Å². The van der Waals surface area contributed by atoms with Gasteiger partial charge in [0.05, 0.1) is 0 Å². The minimum absolute atomic E-state index is 0.0106. The summed E-state index contributed by atoms with van der Waals surface area (Å²) in [5.74, 6) is -2.52. The molecule has 0 spiro atoms. The zero-order chi connectivity index (χ0) is 27.4. The van der Waals surface area contributed by atoms with Crippen LogP contribution in [-0.2, 0) is 23.9 Å². The quantitative estimate of drug-likeness (QED) is 0.554. The van der Waals surface area contributed by atoms with Crippen LogP contribution < -0.4 is 5.32 Å². The molecule has 2 fully saturated rings. The Bertz CT molecular complexity index is 1160. The minimum atomic E-state index is -0.748. The summed E-state index contributed by atoms with van der Waals surface area (Å²) < 4.78 is 16.9. The number of hydrogen-bond acceptors (Lipinski definition) is 8. The molecule has 4 bridgehead atoms. The monoisotopic (exact) mass is 525 g/mol. The number of ether oxygens (including phenoxy) is 2. The Morgan fingerprint density at radius 2 is 1.89 bits per heavy atom. The lowest BCUT2D eigenvalue weighted by Crippen LogP contribution is -2.44. The number of nitrogens with one attached hydrogen (secondary N) is 1. The predicted molar refractivity (Wildman–Crippen MR) is 137 cm³/mol. The second-order valence-electron chi connectivity index (χ2n) is 10.4. The summed E-state index contributed by atoms with van der Waals surface area (Å²) in [5, 5.41) is 2.79. The Balaban J connectivity index is 1.62. The van der Waals surface area contributed by atoms with Gasteiger partial charge in [-0.05, 0) is 37.8 Å². The Kier molecular flexibility index (Phi) is 8.48. The summed E-state index contributed by atoms with van der Waals surface area (Å²) >= 11 is 0. The molecule has 1 aromatic rings. The first-order chi connectivity index (χ1) is 18.1. The van der Waals surface area contributed by atoms with Gasteiger partial charge in [-0.3, -0.25) is 14.4 Å². The van der Waals surface area contributed by atoms with Crippen LogP contribution in [0.2, 0.25) is 0 Å². The van der Waals surface area contributed by atoms with Crippen LogP contribution in [0, 0.1) is 11.8 Å². The number of nitrogens with zero attached hydrogens (tertiary/aromatic N) is 2. The number of esters is 2. The van der Waals surface area contributed by atoms with Crippen LogP contribution in [-0.4, -0.2) is 65.0 Å². The standard InChI is InChI=1S/C28H35N3O7/c1-16(2)24-18(4)9-10-23(32)29-11-5-7-17(3)13-19-14-20(27(34)37-19)25-30-21(15-36-25)26(33)31-12-6-8-22(31)28(35)38-24/h5,7,9-10,13,15-16,18-20,22,24H,6,8,11-12,14H2,1-4H3,(H,29,32)/b7-5+,10-9+,17-13+/t18-,19-,20?,22-,24+/m1/s1. The lowest BCUT2D eigenvalue weighted by Gasteiger charge is -2.29. The zero-order valence-electron chi connectivity index (χ0n) is 22.2. The maximum absolute atomic E-state index is 13.3. The molecule has 2 amide bonds. The lowest BCUT2D eigenvalue weighted by atomic mass is 9.94. The smallest absolute Gasteiger partial charge is 0.329 e. The van der Waals surface area contributed by atoms with Gasteiger partial charge in [0.15, 0.2) is 5.69 Å². The van der Waals surface area contributed by atoms with Gasteiger partial charge < -0.3 is 24.1 Å². The molecule has 2 saturated heterocycles. The van der Waals surface area contributed by atoms with Gasteiger partial charge in [0.25, 0.3) is 5.91 Å². The van der Waals surface area contributed by atoms with Gasteiger partial charge in [-0.25, -0.2) is 9.78 Å². The lowest BCUT2D eigenvalue weighted by molar-refractivity contribution is -0.158. The molecule has 0 radical (unpaired) electrons. The van der Waals surface area contributed by atoms with E-state index in [2.05, 4.69) is 10.3 Å². The summed E-state index contributed by atoms with van der Waals surface area (Å²) in [6.45, 7) is 8.36. The summed E-state index contributed by atoms with van der Waals surface area (Å²) in [4.78, 5) is 57.1. The number of carbonyl (C=O) groups is 4. The normalized spacial score (nSPS) is 32.3. The van der Waals surface area contributed by atoms with E-state index in [0.717, 1.165) is 5.57 Å². The van der Waals surface area contributed by atoms with E-state index >= 15 is 0 Å². The number of carbonyl (C=O) groups excluding carboxylic acids is 4. The first kappa shape index (κ1) is 27.3. The molecule has 1 N–H and O–H groups in total. The van der Waals surface area contributed by atoms with Gasteiger partial charge in [-0.2, -0.15) is 0 Å². The van der Waals surface area contributed by atoms with Crippen LogP contribution in [0.25, 0.3) is 0 Å². The molecule has 10 nitrogen and oxygen atoms in total. The van der Waals surface area contributed by atoms with E-state index in [-0.39, 0.29) is 29.3 Å². The fourth-order valence-electron chi connectivity index (χ4n) is 5.08. The first-order valence-corrected chi connectivity index (χ1v) is 13.1. The highest BCUT2D eigenvalue weighted by Gasteiger charge is 2.41. The van der Waals surface area contributed by atoms with Crippen molar-refractivity contribution in [2.75, 3.05) is 13.1 Å². The van der Waals surface area contributed by atoms with Gasteiger partial charge in [-0.15, -0.1) is 0 Å². The van der Waals surface area contributed by atoms with E-state index in [0.29, 0.717) is 32.4 Å². The van der Waals surface area contributed by atoms with Gasteiger partial charge in [0.1, 0.15) is 30.4 Å². The molecule has 38 heavy (non-hydrogen) atoms. The van der Waals surface area contributed by atoms with Crippen molar-refractivity contribution < 1.29 is 33.1 Å². The van der Waals surface area contributed by atoms with Crippen molar-refractivity contribution in [3.63, 3.8) is 0 Å². The molecule has 1 unspecified atom stereocenters. The predicted octanol–water partition coefficient (Wildman–Crippen LogP) is 3.07. The molecule has 204 valence electrons. The van der Waals surface area contributed by atoms with Gasteiger partial charge in [0.2, 0.25) is 11.8 Å². The number of hydrogen-bond donors (Lipinski definition) is 1. The summed E-state index contributed by atoms with van der Waals surface area (Å²) in [7, 11) is 0. The van der Waals surface area contributed by atoms with E-state index in [1.54, 1.807) is 12.2 Å². The second kappa shape index (κ2) is 11.8. The fraction of sp³-hybridized carbons (Fsp3) is 0.536. The number of allylic oxidation sites excluding steroid dienone is 2. The van der Waals surface area contributed by atoms with Crippen LogP contribution in [0.5, 0.6) is 0 Å². The fourth-order valence-corrected chi connectivity index (χ4v) is 5.08. The Hall–Kier alpha value is -3.69. The number of fused-ring (bicyclic) bond motifs is 6. The van der Waals surface area contributed by atoms with Crippen molar-refractivity contribution in [2.45, 2.75) is 71.1 Å². The molecule has 0 saturated carbocycles. The molecule has 5 atom stereocenters. The van der Waals surface area contributed by atoms with Crippen molar-refractivity contribution in [1.82, 2.24) is 15.2 Å². The highest BCUT2D eigenvalue weighted by Crippen LogP contribution is 2.32. The highest BCUT2D eigenvalue weighted by molar-refractivity contribution is 5.95. The Morgan fingerprint density at radius 3 is 2.66 bits per heavy atom. The molecule has 0 aliphatic carbocycles. The van der Waals surface area contributed by atoms with Gasteiger partial charge in [0, 0.05) is 25.4 Å². The van der Waals surface area contributed by atoms with E-state index in [1.807, 2.05) is 39.8 Å². The Morgan fingerprint density at radius 1 is 1.11 bits per heavy atom. The summed E-state index contributed by atoms with van der Waals surface area (Å²) in [5.41, 5.74) is 0.907.